The quantitative estimate of drug-likeness (QED) is 0.597. The number of nitrogens with one attached hydrogen (secondary N) is 1. The van der Waals surface area contributed by atoms with E-state index in [0.717, 1.165) is 24.8 Å². The lowest BCUT2D eigenvalue weighted by Gasteiger charge is -2.44. The standard InChI is InChI=1S/C22H19ClF3NO3/c23-13-8-15-17-10-4-5-11(6-10)18(17)19(27-20(15)16(9-13)21(28)29)12-2-1-3-14(7-12)30-22(24,25)26/h1-3,7-11,17-19,27H,4-6H2,(H,28,29)/t10-,11-,17+,18+,19+/m0/s1. The summed E-state index contributed by atoms with van der Waals surface area (Å²) in [6.45, 7) is 0. The molecule has 8 heteroatoms. The number of carboxylic acids is 1. The van der Waals surface area contributed by atoms with E-state index in [2.05, 4.69) is 10.1 Å². The molecule has 4 nitrogen and oxygen atoms in total. The first kappa shape index (κ1) is 19.5. The van der Waals surface area contributed by atoms with Gasteiger partial charge in [0.25, 0.3) is 0 Å². The Balaban J connectivity index is 1.62. The summed E-state index contributed by atoms with van der Waals surface area (Å²) in [5, 5.41) is 13.5. The van der Waals surface area contributed by atoms with Crippen LogP contribution in [0.4, 0.5) is 18.9 Å². The van der Waals surface area contributed by atoms with Crippen LogP contribution in [-0.4, -0.2) is 17.4 Å². The average molecular weight is 438 g/mol. The van der Waals surface area contributed by atoms with Crippen LogP contribution in [0.3, 0.4) is 0 Å². The highest BCUT2D eigenvalue weighted by molar-refractivity contribution is 6.31. The lowest BCUT2D eigenvalue weighted by Crippen LogP contribution is -2.36. The minimum absolute atomic E-state index is 0.0893. The van der Waals surface area contributed by atoms with Crippen LogP contribution in [0.25, 0.3) is 0 Å². The molecule has 0 aromatic heterocycles. The summed E-state index contributed by atoms with van der Waals surface area (Å²) in [5.41, 5.74) is 2.19. The highest BCUT2D eigenvalue weighted by atomic mass is 35.5. The zero-order valence-electron chi connectivity index (χ0n) is 15.7. The maximum Gasteiger partial charge on any atom is 0.573 e. The summed E-state index contributed by atoms with van der Waals surface area (Å²) in [6, 6.07) is 8.94. The van der Waals surface area contributed by atoms with Crippen molar-refractivity contribution in [1.29, 1.82) is 0 Å². The molecular weight excluding hydrogens is 419 g/mol. The van der Waals surface area contributed by atoms with Crippen LogP contribution in [0.5, 0.6) is 5.75 Å². The van der Waals surface area contributed by atoms with E-state index < -0.39 is 12.3 Å². The number of aromatic carboxylic acids is 1. The topological polar surface area (TPSA) is 58.6 Å². The first-order chi connectivity index (χ1) is 14.2. The van der Waals surface area contributed by atoms with Crippen molar-refractivity contribution in [3.8, 4) is 5.75 Å². The summed E-state index contributed by atoms with van der Waals surface area (Å²) < 4.78 is 42.3. The number of halogens is 4. The Morgan fingerprint density at radius 2 is 1.93 bits per heavy atom. The second-order valence-corrected chi connectivity index (χ2v) is 8.84. The van der Waals surface area contributed by atoms with Gasteiger partial charge in [-0.15, -0.1) is 13.2 Å². The van der Waals surface area contributed by atoms with Crippen LogP contribution in [0.2, 0.25) is 5.02 Å². The summed E-state index contributed by atoms with van der Waals surface area (Å²) in [7, 11) is 0. The second kappa shape index (κ2) is 6.80. The molecule has 0 amide bonds. The molecule has 1 heterocycles. The zero-order chi connectivity index (χ0) is 21.2. The average Bonchev–Trinajstić information content (AvgIpc) is 3.28. The lowest BCUT2D eigenvalue weighted by atomic mass is 9.67. The molecule has 5 atom stereocenters. The molecule has 2 aromatic rings. The van der Waals surface area contributed by atoms with E-state index in [0.29, 0.717) is 28.1 Å². The van der Waals surface area contributed by atoms with Crippen LogP contribution >= 0.6 is 11.6 Å². The molecule has 158 valence electrons. The van der Waals surface area contributed by atoms with Gasteiger partial charge in [-0.05, 0) is 78.3 Å². The third kappa shape index (κ3) is 3.20. The number of anilines is 1. The first-order valence-electron chi connectivity index (χ1n) is 9.90. The highest BCUT2D eigenvalue weighted by Crippen LogP contribution is 2.64. The maximum atomic E-state index is 12.7. The van der Waals surface area contributed by atoms with Gasteiger partial charge in [-0.25, -0.2) is 4.79 Å². The van der Waals surface area contributed by atoms with Gasteiger partial charge < -0.3 is 15.2 Å². The Morgan fingerprint density at radius 3 is 2.67 bits per heavy atom. The maximum absolute atomic E-state index is 12.7. The fourth-order valence-corrected chi connectivity index (χ4v) is 6.19. The second-order valence-electron chi connectivity index (χ2n) is 8.40. The van der Waals surface area contributed by atoms with Gasteiger partial charge in [0.05, 0.1) is 17.3 Å². The van der Waals surface area contributed by atoms with Crippen LogP contribution < -0.4 is 10.1 Å². The normalized spacial score (nSPS) is 29.1. The minimum atomic E-state index is -4.77. The molecule has 2 fully saturated rings. The molecule has 0 unspecified atom stereocenters. The van der Waals surface area contributed by atoms with Gasteiger partial charge in [-0.2, -0.15) is 0 Å². The van der Waals surface area contributed by atoms with Crippen molar-refractivity contribution in [3.05, 3.63) is 58.1 Å². The Kier molecular flexibility index (Phi) is 4.43. The predicted molar refractivity (Wildman–Crippen MR) is 105 cm³/mol. The van der Waals surface area contributed by atoms with Crippen molar-refractivity contribution >= 4 is 23.3 Å². The van der Waals surface area contributed by atoms with E-state index in [1.165, 1.54) is 24.3 Å². The fraction of sp³-hybridized carbons (Fsp3) is 0.409. The van der Waals surface area contributed by atoms with Crippen LogP contribution in [-0.2, 0) is 0 Å². The molecule has 1 aliphatic heterocycles. The number of ether oxygens (including phenoxy) is 1. The number of carboxylic acid groups (broad SMARTS) is 1. The van der Waals surface area contributed by atoms with E-state index in [9.17, 15) is 23.1 Å². The molecule has 2 N–H and O–H groups in total. The van der Waals surface area contributed by atoms with E-state index in [-0.39, 0.29) is 29.2 Å². The molecule has 2 aromatic carbocycles. The van der Waals surface area contributed by atoms with Gasteiger partial charge in [0.15, 0.2) is 0 Å². The summed E-state index contributed by atoms with van der Waals surface area (Å²) >= 11 is 6.24. The molecule has 5 rings (SSSR count). The highest BCUT2D eigenvalue weighted by Gasteiger charge is 2.54. The van der Waals surface area contributed by atoms with Gasteiger partial charge in [0.1, 0.15) is 5.75 Å². The van der Waals surface area contributed by atoms with Crippen LogP contribution in [0.15, 0.2) is 36.4 Å². The largest absolute Gasteiger partial charge is 0.573 e. The van der Waals surface area contributed by atoms with E-state index >= 15 is 0 Å². The van der Waals surface area contributed by atoms with Crippen molar-refractivity contribution in [1.82, 2.24) is 0 Å². The van der Waals surface area contributed by atoms with Crippen molar-refractivity contribution in [2.45, 2.75) is 37.6 Å². The monoisotopic (exact) mass is 437 g/mol. The Labute approximate surface area is 176 Å². The third-order valence-corrected chi connectivity index (χ3v) is 7.06. The van der Waals surface area contributed by atoms with Gasteiger partial charge in [0, 0.05) is 5.02 Å². The summed E-state index contributed by atoms with van der Waals surface area (Å²) in [6.07, 6.45) is -1.58. The number of benzene rings is 2. The van der Waals surface area contributed by atoms with E-state index in [1.807, 2.05) is 6.07 Å². The third-order valence-electron chi connectivity index (χ3n) is 6.84. The number of alkyl halides is 3. The van der Waals surface area contributed by atoms with Gasteiger partial charge in [-0.3, -0.25) is 0 Å². The van der Waals surface area contributed by atoms with E-state index in [4.69, 9.17) is 11.6 Å². The molecule has 3 aliphatic rings. The molecule has 0 radical (unpaired) electrons. The van der Waals surface area contributed by atoms with Crippen LogP contribution in [0.1, 0.15) is 52.7 Å². The molecule has 0 saturated heterocycles. The predicted octanol–water partition coefficient (Wildman–Crippen LogP) is 6.23. The smallest absolute Gasteiger partial charge is 0.478 e. The SMILES string of the molecule is O=C(O)c1cc(Cl)cc2c1N[C@H](c1cccc(OC(F)(F)F)c1)[C@@H]1[C@H]3CC[C@@H](C3)[C@H]21. The van der Waals surface area contributed by atoms with Gasteiger partial charge in [0.2, 0.25) is 0 Å². The molecular formula is C22H19ClF3NO3. The minimum Gasteiger partial charge on any atom is -0.478 e. The van der Waals surface area contributed by atoms with Crippen LogP contribution in [0, 0.1) is 17.8 Å². The van der Waals surface area contributed by atoms with Gasteiger partial charge >= 0.3 is 12.3 Å². The molecule has 0 spiro atoms. The van der Waals surface area contributed by atoms with Crippen molar-refractivity contribution in [2.75, 3.05) is 5.32 Å². The summed E-state index contributed by atoms with van der Waals surface area (Å²) in [4.78, 5) is 11.9. The summed E-state index contributed by atoms with van der Waals surface area (Å²) in [5.74, 6) is -0.202. The fourth-order valence-electron chi connectivity index (χ4n) is 5.96. The molecule has 2 bridgehead atoms. The number of rotatable bonds is 3. The van der Waals surface area contributed by atoms with Crippen molar-refractivity contribution in [3.63, 3.8) is 0 Å². The molecule has 2 saturated carbocycles. The number of hydrogen-bond acceptors (Lipinski definition) is 3. The number of fused-ring (bicyclic) bond motifs is 7. The van der Waals surface area contributed by atoms with Crippen molar-refractivity contribution < 1.29 is 27.8 Å². The molecule has 2 aliphatic carbocycles. The zero-order valence-corrected chi connectivity index (χ0v) is 16.5. The Hall–Kier alpha value is -2.41. The number of carbonyl (C=O) groups is 1. The number of hydrogen-bond donors (Lipinski definition) is 2. The Bertz CT molecular complexity index is 1030. The Morgan fingerprint density at radius 1 is 1.17 bits per heavy atom. The van der Waals surface area contributed by atoms with Gasteiger partial charge in [-0.1, -0.05) is 23.7 Å². The molecule has 30 heavy (non-hydrogen) atoms. The van der Waals surface area contributed by atoms with Crippen molar-refractivity contribution in [2.24, 2.45) is 17.8 Å². The first-order valence-corrected chi connectivity index (χ1v) is 10.3. The lowest BCUT2D eigenvalue weighted by molar-refractivity contribution is -0.274. The van der Waals surface area contributed by atoms with E-state index in [1.54, 1.807) is 6.07 Å².